The van der Waals surface area contributed by atoms with E-state index in [2.05, 4.69) is 15.6 Å². The SMILES string of the molecule is COc1cccc(Cn2c(NC(=O)Nc3ccccc3F)c3ccccc3nc2=O)c1. The summed E-state index contributed by atoms with van der Waals surface area (Å²) >= 11 is 0. The minimum absolute atomic E-state index is 0.0278. The Kier molecular flexibility index (Phi) is 5.61. The van der Waals surface area contributed by atoms with Crippen molar-refractivity contribution in [2.75, 3.05) is 17.7 Å². The second-order valence-electron chi connectivity index (χ2n) is 6.76. The van der Waals surface area contributed by atoms with E-state index < -0.39 is 17.5 Å². The number of ether oxygens (including phenoxy) is 1. The molecule has 0 radical (unpaired) electrons. The number of carbonyl (C=O) groups is 1. The number of nitrogens with one attached hydrogen (secondary N) is 2. The minimum atomic E-state index is -0.680. The first-order valence-electron chi connectivity index (χ1n) is 9.50. The zero-order chi connectivity index (χ0) is 21.8. The summed E-state index contributed by atoms with van der Waals surface area (Å²) in [5.41, 5.74) is 0.731. The number of para-hydroxylation sites is 2. The lowest BCUT2D eigenvalue weighted by Gasteiger charge is -2.17. The topological polar surface area (TPSA) is 85.2 Å². The Labute approximate surface area is 177 Å². The van der Waals surface area contributed by atoms with Gasteiger partial charge in [0.05, 0.1) is 24.9 Å². The van der Waals surface area contributed by atoms with Gasteiger partial charge in [-0.1, -0.05) is 36.4 Å². The van der Waals surface area contributed by atoms with Crippen LogP contribution in [0.15, 0.2) is 77.6 Å². The number of amides is 2. The normalized spacial score (nSPS) is 10.6. The van der Waals surface area contributed by atoms with Gasteiger partial charge in [-0.25, -0.2) is 14.0 Å². The van der Waals surface area contributed by atoms with Crippen molar-refractivity contribution in [3.05, 3.63) is 94.7 Å². The van der Waals surface area contributed by atoms with Crippen molar-refractivity contribution in [2.45, 2.75) is 6.54 Å². The highest BCUT2D eigenvalue weighted by Crippen LogP contribution is 2.22. The molecular weight excluding hydrogens is 399 g/mol. The molecule has 2 amide bonds. The second kappa shape index (κ2) is 8.66. The molecule has 0 aliphatic rings. The van der Waals surface area contributed by atoms with Crippen molar-refractivity contribution in [1.82, 2.24) is 9.55 Å². The Bertz CT molecular complexity index is 1320. The lowest BCUT2D eigenvalue weighted by Crippen LogP contribution is -2.30. The number of carbonyl (C=O) groups excluding carboxylic acids is 1. The van der Waals surface area contributed by atoms with Gasteiger partial charge in [0.15, 0.2) is 0 Å². The van der Waals surface area contributed by atoms with Crippen molar-refractivity contribution in [2.24, 2.45) is 0 Å². The quantitative estimate of drug-likeness (QED) is 0.508. The first-order chi connectivity index (χ1) is 15.0. The van der Waals surface area contributed by atoms with Crippen LogP contribution in [-0.2, 0) is 6.54 Å². The minimum Gasteiger partial charge on any atom is -0.497 e. The van der Waals surface area contributed by atoms with Gasteiger partial charge in [0.1, 0.15) is 17.4 Å². The molecule has 0 aliphatic carbocycles. The van der Waals surface area contributed by atoms with E-state index in [4.69, 9.17) is 4.74 Å². The number of methoxy groups -OCH3 is 1. The van der Waals surface area contributed by atoms with Crippen LogP contribution in [0.2, 0.25) is 0 Å². The highest BCUT2D eigenvalue weighted by atomic mass is 19.1. The van der Waals surface area contributed by atoms with Gasteiger partial charge < -0.3 is 10.1 Å². The number of hydrogen-bond acceptors (Lipinski definition) is 4. The molecular formula is C23H19FN4O3. The number of fused-ring (bicyclic) bond motifs is 1. The van der Waals surface area contributed by atoms with E-state index in [1.54, 1.807) is 49.6 Å². The number of halogens is 1. The summed E-state index contributed by atoms with van der Waals surface area (Å²) < 4.78 is 20.5. The van der Waals surface area contributed by atoms with Crippen molar-refractivity contribution < 1.29 is 13.9 Å². The summed E-state index contributed by atoms with van der Waals surface area (Å²) in [4.78, 5) is 29.6. The molecule has 1 heterocycles. The van der Waals surface area contributed by atoms with E-state index in [1.807, 2.05) is 12.1 Å². The second-order valence-corrected chi connectivity index (χ2v) is 6.76. The lowest BCUT2D eigenvalue weighted by molar-refractivity contribution is 0.262. The van der Waals surface area contributed by atoms with Crippen LogP contribution in [0.4, 0.5) is 20.7 Å². The standard InChI is InChI=1S/C23H19FN4O3/c1-31-16-8-6-7-15(13-16)14-28-21(17-9-2-4-11-19(17)26-23(28)30)27-22(29)25-20-12-5-3-10-18(20)24/h2-13H,14H2,1H3,(H2,25,27,29). The zero-order valence-electron chi connectivity index (χ0n) is 16.6. The van der Waals surface area contributed by atoms with E-state index in [0.29, 0.717) is 16.7 Å². The van der Waals surface area contributed by atoms with Gasteiger partial charge >= 0.3 is 11.7 Å². The Balaban J connectivity index is 1.74. The molecule has 0 bridgehead atoms. The summed E-state index contributed by atoms with van der Waals surface area (Å²) in [5, 5.41) is 5.74. The predicted octanol–water partition coefficient (Wildman–Crippen LogP) is 4.24. The predicted molar refractivity (Wildman–Crippen MR) is 117 cm³/mol. The molecule has 4 aromatic rings. The van der Waals surface area contributed by atoms with Crippen LogP contribution in [0, 0.1) is 5.82 Å². The monoisotopic (exact) mass is 418 g/mol. The highest BCUT2D eigenvalue weighted by molar-refractivity contribution is 6.04. The number of hydrogen-bond donors (Lipinski definition) is 2. The van der Waals surface area contributed by atoms with Gasteiger partial charge in [0.2, 0.25) is 0 Å². The largest absolute Gasteiger partial charge is 0.497 e. The first-order valence-corrected chi connectivity index (χ1v) is 9.50. The molecule has 0 atom stereocenters. The molecule has 0 fully saturated rings. The Morgan fingerprint density at radius 2 is 1.81 bits per heavy atom. The van der Waals surface area contributed by atoms with Crippen molar-refractivity contribution >= 4 is 28.4 Å². The van der Waals surface area contributed by atoms with Gasteiger partial charge in [0.25, 0.3) is 0 Å². The molecule has 0 saturated carbocycles. The summed E-state index contributed by atoms with van der Waals surface area (Å²) in [6.07, 6.45) is 0. The van der Waals surface area contributed by atoms with Gasteiger partial charge in [-0.2, -0.15) is 4.98 Å². The molecule has 4 rings (SSSR count). The number of anilines is 2. The number of rotatable bonds is 5. The molecule has 3 aromatic carbocycles. The highest BCUT2D eigenvalue weighted by Gasteiger charge is 2.15. The third-order valence-corrected chi connectivity index (χ3v) is 4.70. The molecule has 31 heavy (non-hydrogen) atoms. The van der Waals surface area contributed by atoms with Crippen LogP contribution < -0.4 is 21.1 Å². The third kappa shape index (κ3) is 4.37. The summed E-state index contributed by atoms with van der Waals surface area (Å²) in [6, 6.07) is 19.4. The molecule has 8 heteroatoms. The summed E-state index contributed by atoms with van der Waals surface area (Å²) in [7, 11) is 1.56. The van der Waals surface area contributed by atoms with Crippen molar-refractivity contribution in [3.63, 3.8) is 0 Å². The fraction of sp³-hybridized carbons (Fsp3) is 0.0870. The van der Waals surface area contributed by atoms with Crippen LogP contribution in [-0.4, -0.2) is 22.7 Å². The molecule has 1 aromatic heterocycles. The molecule has 0 aliphatic heterocycles. The van der Waals surface area contributed by atoms with Crippen LogP contribution >= 0.6 is 0 Å². The van der Waals surface area contributed by atoms with Crippen LogP contribution in [0.5, 0.6) is 5.75 Å². The van der Waals surface area contributed by atoms with E-state index in [1.165, 1.54) is 22.8 Å². The smallest absolute Gasteiger partial charge is 0.350 e. The fourth-order valence-corrected chi connectivity index (χ4v) is 3.23. The summed E-state index contributed by atoms with van der Waals surface area (Å²) in [6.45, 7) is 0.156. The maximum absolute atomic E-state index is 13.9. The summed E-state index contributed by atoms with van der Waals surface area (Å²) in [5.74, 6) is 0.337. The van der Waals surface area contributed by atoms with Gasteiger partial charge in [-0.3, -0.25) is 9.88 Å². The molecule has 0 unspecified atom stereocenters. The van der Waals surface area contributed by atoms with E-state index in [-0.39, 0.29) is 18.1 Å². The number of nitrogens with zero attached hydrogens (tertiary/aromatic N) is 2. The number of aromatic nitrogens is 2. The average molecular weight is 418 g/mol. The van der Waals surface area contributed by atoms with Crippen LogP contribution in [0.3, 0.4) is 0 Å². The Hall–Kier alpha value is -4.20. The maximum Gasteiger partial charge on any atom is 0.350 e. The van der Waals surface area contributed by atoms with E-state index in [0.717, 1.165) is 5.56 Å². The fourth-order valence-electron chi connectivity index (χ4n) is 3.23. The van der Waals surface area contributed by atoms with Gasteiger partial charge in [-0.05, 0) is 42.0 Å². The molecule has 0 saturated heterocycles. The Morgan fingerprint density at radius 3 is 2.61 bits per heavy atom. The molecule has 2 N–H and O–H groups in total. The first kappa shape index (κ1) is 20.1. The van der Waals surface area contributed by atoms with Crippen LogP contribution in [0.25, 0.3) is 10.9 Å². The lowest BCUT2D eigenvalue weighted by atomic mass is 10.2. The maximum atomic E-state index is 13.9. The average Bonchev–Trinajstić information content (AvgIpc) is 2.78. The van der Waals surface area contributed by atoms with Crippen molar-refractivity contribution in [1.29, 1.82) is 0 Å². The zero-order valence-corrected chi connectivity index (χ0v) is 16.6. The number of urea groups is 1. The number of benzene rings is 3. The molecule has 0 spiro atoms. The van der Waals surface area contributed by atoms with Gasteiger partial charge in [-0.15, -0.1) is 0 Å². The molecule has 7 nitrogen and oxygen atoms in total. The Morgan fingerprint density at radius 1 is 1.03 bits per heavy atom. The van der Waals surface area contributed by atoms with E-state index in [9.17, 15) is 14.0 Å². The van der Waals surface area contributed by atoms with Crippen LogP contribution in [0.1, 0.15) is 5.56 Å². The van der Waals surface area contributed by atoms with E-state index >= 15 is 0 Å². The molecule has 156 valence electrons. The van der Waals surface area contributed by atoms with Gasteiger partial charge in [0, 0.05) is 5.39 Å². The van der Waals surface area contributed by atoms with Crippen molar-refractivity contribution in [3.8, 4) is 5.75 Å². The third-order valence-electron chi connectivity index (χ3n) is 4.70.